The van der Waals surface area contributed by atoms with Crippen molar-refractivity contribution in [3.05, 3.63) is 16.6 Å². The van der Waals surface area contributed by atoms with E-state index in [9.17, 15) is 0 Å². The van der Waals surface area contributed by atoms with Gasteiger partial charge in [0.1, 0.15) is 0 Å². The van der Waals surface area contributed by atoms with Gasteiger partial charge in [-0.25, -0.2) is 4.98 Å². The number of nitrogens with two attached hydrogens (primary N) is 1. The SMILES string of the molecule is CC(CCCN)CNCC(C)c1nccs1. The molecule has 0 amide bonds. The van der Waals surface area contributed by atoms with E-state index in [0.717, 1.165) is 26.1 Å². The quantitative estimate of drug-likeness (QED) is 0.733. The Hall–Kier alpha value is -0.450. The Kier molecular flexibility index (Phi) is 6.61. The first-order valence-electron chi connectivity index (χ1n) is 6.04. The number of rotatable bonds is 8. The molecule has 0 saturated heterocycles. The van der Waals surface area contributed by atoms with Crippen LogP contribution in [0.4, 0.5) is 0 Å². The molecular weight excluding hydrogens is 218 g/mol. The Bertz CT molecular complexity index is 261. The number of hydrogen-bond donors (Lipinski definition) is 2. The smallest absolute Gasteiger partial charge is 0.0965 e. The summed E-state index contributed by atoms with van der Waals surface area (Å²) in [6.07, 6.45) is 4.22. The summed E-state index contributed by atoms with van der Waals surface area (Å²) in [4.78, 5) is 4.33. The van der Waals surface area contributed by atoms with Crippen LogP contribution in [-0.4, -0.2) is 24.6 Å². The molecule has 1 rings (SSSR count). The highest BCUT2D eigenvalue weighted by atomic mass is 32.1. The molecule has 3 N–H and O–H groups in total. The molecule has 3 nitrogen and oxygen atoms in total. The van der Waals surface area contributed by atoms with E-state index in [1.165, 1.54) is 11.4 Å². The zero-order valence-corrected chi connectivity index (χ0v) is 11.1. The standard InChI is InChI=1S/C12H23N3S/c1-10(4-3-5-13)8-14-9-11(2)12-15-6-7-16-12/h6-7,10-11,14H,3-5,8-9,13H2,1-2H3. The molecule has 0 fully saturated rings. The molecule has 0 aliphatic carbocycles. The summed E-state index contributed by atoms with van der Waals surface area (Å²) in [7, 11) is 0. The fourth-order valence-corrected chi connectivity index (χ4v) is 2.38. The maximum absolute atomic E-state index is 5.49. The minimum Gasteiger partial charge on any atom is -0.330 e. The van der Waals surface area contributed by atoms with Crippen LogP contribution in [0.2, 0.25) is 0 Å². The summed E-state index contributed by atoms with van der Waals surface area (Å²) in [5.41, 5.74) is 5.49. The molecule has 1 heterocycles. The van der Waals surface area contributed by atoms with Crippen LogP contribution in [0.3, 0.4) is 0 Å². The molecule has 1 aromatic heterocycles. The molecule has 0 spiro atoms. The normalized spacial score (nSPS) is 14.9. The van der Waals surface area contributed by atoms with E-state index in [-0.39, 0.29) is 0 Å². The van der Waals surface area contributed by atoms with Gasteiger partial charge in [0.2, 0.25) is 0 Å². The Morgan fingerprint density at radius 1 is 1.44 bits per heavy atom. The molecule has 16 heavy (non-hydrogen) atoms. The van der Waals surface area contributed by atoms with Crippen molar-refractivity contribution >= 4 is 11.3 Å². The van der Waals surface area contributed by atoms with Gasteiger partial charge in [0, 0.05) is 24.0 Å². The number of nitrogens with zero attached hydrogens (tertiary/aromatic N) is 1. The van der Waals surface area contributed by atoms with Crippen molar-refractivity contribution in [1.29, 1.82) is 0 Å². The van der Waals surface area contributed by atoms with E-state index in [1.807, 2.05) is 11.6 Å². The van der Waals surface area contributed by atoms with Crippen LogP contribution in [0, 0.1) is 5.92 Å². The van der Waals surface area contributed by atoms with Gasteiger partial charge >= 0.3 is 0 Å². The van der Waals surface area contributed by atoms with E-state index >= 15 is 0 Å². The van der Waals surface area contributed by atoms with Crippen LogP contribution < -0.4 is 11.1 Å². The van der Waals surface area contributed by atoms with Crippen LogP contribution in [0.1, 0.15) is 37.6 Å². The lowest BCUT2D eigenvalue weighted by atomic mass is 10.1. The Labute approximate surface area is 102 Å². The van der Waals surface area contributed by atoms with Crippen molar-refractivity contribution < 1.29 is 0 Å². The van der Waals surface area contributed by atoms with Gasteiger partial charge in [0.05, 0.1) is 5.01 Å². The first kappa shape index (κ1) is 13.6. The zero-order chi connectivity index (χ0) is 11.8. The lowest BCUT2D eigenvalue weighted by molar-refractivity contribution is 0.460. The summed E-state index contributed by atoms with van der Waals surface area (Å²) in [5.74, 6) is 1.23. The summed E-state index contributed by atoms with van der Waals surface area (Å²) in [5, 5.41) is 6.77. The van der Waals surface area contributed by atoms with Crippen molar-refractivity contribution in [3.63, 3.8) is 0 Å². The minimum absolute atomic E-state index is 0.515. The van der Waals surface area contributed by atoms with Crippen LogP contribution in [-0.2, 0) is 0 Å². The van der Waals surface area contributed by atoms with E-state index < -0.39 is 0 Å². The van der Waals surface area contributed by atoms with Crippen molar-refractivity contribution in [2.75, 3.05) is 19.6 Å². The van der Waals surface area contributed by atoms with Gasteiger partial charge in [0.15, 0.2) is 0 Å². The number of aromatic nitrogens is 1. The number of hydrogen-bond acceptors (Lipinski definition) is 4. The van der Waals surface area contributed by atoms with Crippen LogP contribution in [0.15, 0.2) is 11.6 Å². The van der Waals surface area contributed by atoms with Crippen molar-refractivity contribution in [2.24, 2.45) is 11.7 Å². The Morgan fingerprint density at radius 3 is 2.88 bits per heavy atom. The summed E-state index contributed by atoms with van der Waals surface area (Å²) in [6, 6.07) is 0. The highest BCUT2D eigenvalue weighted by Gasteiger charge is 2.08. The van der Waals surface area contributed by atoms with E-state index in [4.69, 9.17) is 5.73 Å². The van der Waals surface area contributed by atoms with Gasteiger partial charge in [-0.1, -0.05) is 13.8 Å². The van der Waals surface area contributed by atoms with Gasteiger partial charge in [-0.05, 0) is 31.8 Å². The second-order valence-electron chi connectivity index (χ2n) is 4.47. The number of thiazole rings is 1. The zero-order valence-electron chi connectivity index (χ0n) is 10.3. The fourth-order valence-electron chi connectivity index (χ4n) is 1.68. The highest BCUT2D eigenvalue weighted by Crippen LogP contribution is 2.16. The van der Waals surface area contributed by atoms with Crippen molar-refractivity contribution in [3.8, 4) is 0 Å². The van der Waals surface area contributed by atoms with E-state index in [2.05, 4.69) is 24.1 Å². The topological polar surface area (TPSA) is 50.9 Å². The molecule has 4 heteroatoms. The molecule has 2 unspecified atom stereocenters. The third kappa shape index (κ3) is 5.05. The first-order chi connectivity index (χ1) is 7.74. The predicted molar refractivity (Wildman–Crippen MR) is 70.9 cm³/mol. The molecule has 1 aromatic rings. The van der Waals surface area contributed by atoms with Gasteiger partial charge < -0.3 is 11.1 Å². The van der Waals surface area contributed by atoms with E-state index in [0.29, 0.717) is 11.8 Å². The summed E-state index contributed by atoms with van der Waals surface area (Å²) >= 11 is 1.74. The fraction of sp³-hybridized carbons (Fsp3) is 0.750. The molecule has 0 radical (unpaired) electrons. The Balaban J connectivity index is 2.11. The average molecular weight is 241 g/mol. The van der Waals surface area contributed by atoms with Crippen LogP contribution in [0.5, 0.6) is 0 Å². The predicted octanol–water partition coefficient (Wildman–Crippen LogP) is 2.21. The molecule has 0 saturated carbocycles. The first-order valence-corrected chi connectivity index (χ1v) is 6.92. The maximum atomic E-state index is 5.49. The number of nitrogens with one attached hydrogen (secondary N) is 1. The largest absolute Gasteiger partial charge is 0.330 e. The molecule has 92 valence electrons. The molecule has 0 aliphatic rings. The summed E-state index contributed by atoms with van der Waals surface area (Å²) in [6.45, 7) is 7.39. The van der Waals surface area contributed by atoms with Gasteiger partial charge in [0.25, 0.3) is 0 Å². The maximum Gasteiger partial charge on any atom is 0.0965 e. The third-order valence-corrected chi connectivity index (χ3v) is 3.72. The van der Waals surface area contributed by atoms with Gasteiger partial charge in [-0.2, -0.15) is 0 Å². The Morgan fingerprint density at radius 2 is 2.25 bits per heavy atom. The summed E-state index contributed by atoms with van der Waals surface area (Å²) < 4.78 is 0. The molecule has 2 atom stereocenters. The second-order valence-corrected chi connectivity index (χ2v) is 5.39. The molecule has 0 aromatic carbocycles. The van der Waals surface area contributed by atoms with Crippen molar-refractivity contribution in [1.82, 2.24) is 10.3 Å². The monoisotopic (exact) mass is 241 g/mol. The van der Waals surface area contributed by atoms with Crippen molar-refractivity contribution in [2.45, 2.75) is 32.6 Å². The lowest BCUT2D eigenvalue weighted by Gasteiger charge is -2.14. The molecule has 0 aliphatic heterocycles. The van der Waals surface area contributed by atoms with E-state index in [1.54, 1.807) is 11.3 Å². The second kappa shape index (κ2) is 7.76. The minimum atomic E-state index is 0.515. The lowest BCUT2D eigenvalue weighted by Crippen LogP contribution is -2.25. The van der Waals surface area contributed by atoms with Gasteiger partial charge in [-0.3, -0.25) is 0 Å². The van der Waals surface area contributed by atoms with Crippen LogP contribution >= 0.6 is 11.3 Å². The molecule has 0 bridgehead atoms. The average Bonchev–Trinajstić information content (AvgIpc) is 2.79. The highest BCUT2D eigenvalue weighted by molar-refractivity contribution is 7.09. The molecular formula is C12H23N3S. The van der Waals surface area contributed by atoms with Crippen LogP contribution in [0.25, 0.3) is 0 Å². The van der Waals surface area contributed by atoms with Gasteiger partial charge in [-0.15, -0.1) is 11.3 Å². The third-order valence-electron chi connectivity index (χ3n) is 2.72.